The van der Waals surface area contributed by atoms with Crippen LogP contribution >= 0.6 is 11.8 Å². The van der Waals surface area contributed by atoms with Crippen LogP contribution in [0.3, 0.4) is 0 Å². The Hall–Kier alpha value is -3.66. The molecule has 2 heterocycles. The Kier molecular flexibility index (Phi) is 7.27. The molecule has 1 atom stereocenters. The van der Waals surface area contributed by atoms with Crippen LogP contribution in [0.15, 0.2) is 53.7 Å². The van der Waals surface area contributed by atoms with E-state index in [0.29, 0.717) is 23.9 Å². The number of thioether (sulfide) groups is 1. The van der Waals surface area contributed by atoms with Gasteiger partial charge in [-0.2, -0.15) is 0 Å². The molecule has 34 heavy (non-hydrogen) atoms. The van der Waals surface area contributed by atoms with Gasteiger partial charge < -0.3 is 10.6 Å². The Morgan fingerprint density at radius 3 is 2.71 bits per heavy atom. The maximum Gasteiger partial charge on any atom is 0.321 e. The molecule has 0 radical (unpaired) electrons. The van der Waals surface area contributed by atoms with Crippen molar-refractivity contribution in [2.45, 2.75) is 44.4 Å². The van der Waals surface area contributed by atoms with Gasteiger partial charge >= 0.3 is 6.03 Å². The van der Waals surface area contributed by atoms with Crippen LogP contribution in [-0.4, -0.2) is 44.4 Å². The smallest absolute Gasteiger partial charge is 0.321 e. The quantitative estimate of drug-likeness (QED) is 0.428. The number of rotatable bonds is 8. The average Bonchev–Trinajstić information content (AvgIpc) is 3.20. The molecule has 10 heteroatoms. The highest BCUT2D eigenvalue weighted by molar-refractivity contribution is 7.99. The number of amides is 4. The molecular weight excluding hydrogens is 452 g/mol. The maximum atomic E-state index is 12.5. The summed E-state index contributed by atoms with van der Waals surface area (Å²) in [6.07, 6.45) is 0.496. The van der Waals surface area contributed by atoms with Crippen molar-refractivity contribution in [1.82, 2.24) is 30.7 Å². The van der Waals surface area contributed by atoms with Gasteiger partial charge in [-0.15, -0.1) is 10.2 Å². The summed E-state index contributed by atoms with van der Waals surface area (Å²) >= 11 is 1.29. The number of hydrogen-bond acceptors (Lipinski definition) is 6. The first-order chi connectivity index (χ1) is 16.4. The van der Waals surface area contributed by atoms with Gasteiger partial charge in [-0.25, -0.2) is 4.79 Å². The van der Waals surface area contributed by atoms with Gasteiger partial charge in [-0.05, 0) is 36.6 Å². The van der Waals surface area contributed by atoms with Crippen molar-refractivity contribution >= 4 is 29.6 Å². The van der Waals surface area contributed by atoms with Gasteiger partial charge in [0.25, 0.3) is 0 Å². The molecule has 4 amide bonds. The lowest BCUT2D eigenvalue weighted by Gasteiger charge is -2.23. The molecule has 1 aliphatic heterocycles. The van der Waals surface area contributed by atoms with Crippen molar-refractivity contribution in [3.63, 3.8) is 0 Å². The maximum absolute atomic E-state index is 12.5. The highest BCUT2D eigenvalue weighted by Gasteiger charge is 2.27. The van der Waals surface area contributed by atoms with Crippen molar-refractivity contribution < 1.29 is 14.4 Å². The molecule has 1 aliphatic rings. The zero-order valence-corrected chi connectivity index (χ0v) is 19.8. The largest absolute Gasteiger partial charge is 0.351 e. The van der Waals surface area contributed by atoms with E-state index in [4.69, 9.17) is 0 Å². The Labute approximate surface area is 201 Å². The monoisotopic (exact) mass is 478 g/mol. The highest BCUT2D eigenvalue weighted by Crippen LogP contribution is 2.26. The number of aromatic nitrogens is 3. The zero-order valence-electron chi connectivity index (χ0n) is 19.0. The molecule has 3 aromatic rings. The lowest BCUT2D eigenvalue weighted by molar-refractivity contribution is -0.121. The summed E-state index contributed by atoms with van der Waals surface area (Å²) in [6, 6.07) is 14.9. The molecular formula is C24H26N6O3S. The molecule has 0 spiro atoms. The minimum absolute atomic E-state index is 0.109. The third kappa shape index (κ3) is 5.82. The van der Waals surface area contributed by atoms with Gasteiger partial charge in [-0.1, -0.05) is 54.2 Å². The molecule has 1 unspecified atom stereocenters. The van der Waals surface area contributed by atoms with Crippen molar-refractivity contribution in [2.75, 3.05) is 5.75 Å². The van der Waals surface area contributed by atoms with Crippen LogP contribution in [0.4, 0.5) is 4.79 Å². The SMILES string of the molecule is Cc1ccc(C)c(-n2c(CC3CC(=O)NC(=O)N3)nnc2SCC(=O)NCc2ccccc2)c1. The van der Waals surface area contributed by atoms with E-state index >= 15 is 0 Å². The molecule has 1 aromatic heterocycles. The van der Waals surface area contributed by atoms with Crippen molar-refractivity contribution in [1.29, 1.82) is 0 Å². The van der Waals surface area contributed by atoms with Gasteiger partial charge in [0, 0.05) is 25.4 Å². The number of carbonyl (C=O) groups excluding carboxylic acids is 3. The summed E-state index contributed by atoms with van der Waals surface area (Å²) in [5.41, 5.74) is 4.02. The Morgan fingerprint density at radius 2 is 1.94 bits per heavy atom. The van der Waals surface area contributed by atoms with Crippen LogP contribution < -0.4 is 16.0 Å². The van der Waals surface area contributed by atoms with E-state index in [1.165, 1.54) is 11.8 Å². The summed E-state index contributed by atoms with van der Waals surface area (Å²) in [6.45, 7) is 4.45. The topological polar surface area (TPSA) is 118 Å². The molecule has 1 saturated heterocycles. The molecule has 0 aliphatic carbocycles. The lowest BCUT2D eigenvalue weighted by atomic mass is 10.1. The van der Waals surface area contributed by atoms with Gasteiger partial charge in [0.05, 0.1) is 11.4 Å². The molecule has 176 valence electrons. The number of aryl methyl sites for hydroxylation is 2. The lowest BCUT2D eigenvalue weighted by Crippen LogP contribution is -2.53. The third-order valence-corrected chi connectivity index (χ3v) is 6.35. The predicted molar refractivity (Wildman–Crippen MR) is 129 cm³/mol. The summed E-state index contributed by atoms with van der Waals surface area (Å²) < 4.78 is 1.91. The number of benzene rings is 2. The fraction of sp³-hybridized carbons (Fsp3) is 0.292. The molecule has 0 saturated carbocycles. The minimum Gasteiger partial charge on any atom is -0.351 e. The van der Waals surface area contributed by atoms with Crippen molar-refractivity contribution in [3.05, 3.63) is 71.0 Å². The highest BCUT2D eigenvalue weighted by atomic mass is 32.2. The van der Waals surface area contributed by atoms with Gasteiger partial charge in [0.2, 0.25) is 11.8 Å². The molecule has 9 nitrogen and oxygen atoms in total. The van der Waals surface area contributed by atoms with Crippen molar-refractivity contribution in [2.24, 2.45) is 0 Å². The fourth-order valence-electron chi connectivity index (χ4n) is 3.72. The van der Waals surface area contributed by atoms with E-state index in [1.54, 1.807) is 0 Å². The zero-order chi connectivity index (χ0) is 24.1. The summed E-state index contributed by atoms with van der Waals surface area (Å²) in [5.74, 6) is 0.359. The normalized spacial score (nSPS) is 15.5. The number of imide groups is 1. The Balaban J connectivity index is 1.53. The summed E-state index contributed by atoms with van der Waals surface area (Å²) in [7, 11) is 0. The first kappa shape index (κ1) is 23.5. The number of hydrogen-bond donors (Lipinski definition) is 3. The second-order valence-electron chi connectivity index (χ2n) is 8.20. The number of nitrogens with zero attached hydrogens (tertiary/aromatic N) is 3. The molecule has 4 rings (SSSR count). The first-order valence-corrected chi connectivity index (χ1v) is 11.9. The third-order valence-electron chi connectivity index (χ3n) is 5.42. The van der Waals surface area contributed by atoms with Gasteiger partial charge in [-0.3, -0.25) is 19.5 Å². The predicted octanol–water partition coefficient (Wildman–Crippen LogP) is 2.43. The Morgan fingerprint density at radius 1 is 1.15 bits per heavy atom. The first-order valence-electron chi connectivity index (χ1n) is 10.9. The van der Waals surface area contributed by atoms with E-state index in [2.05, 4.69) is 26.1 Å². The van der Waals surface area contributed by atoms with Crippen LogP contribution in [0.25, 0.3) is 5.69 Å². The van der Waals surface area contributed by atoms with Crippen LogP contribution in [0.1, 0.15) is 28.9 Å². The van der Waals surface area contributed by atoms with Crippen molar-refractivity contribution in [3.8, 4) is 5.69 Å². The number of urea groups is 1. The average molecular weight is 479 g/mol. The molecule has 0 bridgehead atoms. The number of carbonyl (C=O) groups is 3. The van der Waals surface area contributed by atoms with Crippen LogP contribution in [0.5, 0.6) is 0 Å². The standard InChI is InChI=1S/C24H26N6O3S/c1-15-8-9-16(2)19(10-15)30-20(11-18-12-21(31)27-23(33)26-18)28-29-24(30)34-14-22(32)25-13-17-6-4-3-5-7-17/h3-10,18H,11-14H2,1-2H3,(H,25,32)(H2,26,27,31,33). The van der Waals surface area contributed by atoms with Crippen LogP contribution in [0.2, 0.25) is 0 Å². The van der Waals surface area contributed by atoms with Crippen LogP contribution in [-0.2, 0) is 22.6 Å². The molecule has 1 fully saturated rings. The van der Waals surface area contributed by atoms with E-state index in [-0.39, 0.29) is 30.0 Å². The summed E-state index contributed by atoms with van der Waals surface area (Å²) in [5, 5.41) is 17.2. The second-order valence-corrected chi connectivity index (χ2v) is 9.14. The fourth-order valence-corrected chi connectivity index (χ4v) is 4.52. The van der Waals surface area contributed by atoms with E-state index in [9.17, 15) is 14.4 Å². The molecule has 3 N–H and O–H groups in total. The van der Waals surface area contributed by atoms with E-state index in [0.717, 1.165) is 22.4 Å². The number of nitrogens with one attached hydrogen (secondary N) is 3. The Bertz CT molecular complexity index is 1190. The van der Waals surface area contributed by atoms with Crippen LogP contribution in [0, 0.1) is 13.8 Å². The molecule has 2 aromatic carbocycles. The van der Waals surface area contributed by atoms with Gasteiger partial charge in [0.1, 0.15) is 5.82 Å². The summed E-state index contributed by atoms with van der Waals surface area (Å²) in [4.78, 5) is 36.0. The van der Waals surface area contributed by atoms with E-state index in [1.807, 2.05) is 66.9 Å². The second kappa shape index (κ2) is 10.5. The minimum atomic E-state index is -0.510. The van der Waals surface area contributed by atoms with Gasteiger partial charge in [0.15, 0.2) is 5.16 Å². The van der Waals surface area contributed by atoms with E-state index < -0.39 is 6.03 Å².